The van der Waals surface area contributed by atoms with Crippen LogP contribution in [0.2, 0.25) is 0 Å². The zero-order valence-corrected chi connectivity index (χ0v) is 26.4. The van der Waals surface area contributed by atoms with Crippen LogP contribution in [0.3, 0.4) is 0 Å². The highest BCUT2D eigenvalue weighted by atomic mass is 19.4. The summed E-state index contributed by atoms with van der Waals surface area (Å²) >= 11 is 0. The zero-order valence-electron chi connectivity index (χ0n) is 26.4. The fourth-order valence-corrected chi connectivity index (χ4v) is 5.50. The topological polar surface area (TPSA) is 132 Å². The number of nitrogens with two attached hydrogens (primary N) is 1. The predicted octanol–water partition coefficient (Wildman–Crippen LogP) is 5.83. The van der Waals surface area contributed by atoms with Crippen LogP contribution in [0.1, 0.15) is 65.4 Å². The van der Waals surface area contributed by atoms with Gasteiger partial charge in [-0.25, -0.2) is 18.0 Å². The first-order valence-electron chi connectivity index (χ1n) is 14.8. The smallest absolute Gasteiger partial charge is 0.435 e. The Labute approximate surface area is 275 Å². The number of nitrogens with one attached hydrogen (secondary N) is 1. The van der Waals surface area contributed by atoms with Gasteiger partial charge in [0.15, 0.2) is 5.69 Å². The first-order valence-corrected chi connectivity index (χ1v) is 14.8. The van der Waals surface area contributed by atoms with Crippen molar-refractivity contribution >= 4 is 17.9 Å². The van der Waals surface area contributed by atoms with E-state index in [-0.39, 0.29) is 41.0 Å². The Morgan fingerprint density at radius 2 is 1.69 bits per heavy atom. The lowest BCUT2D eigenvalue weighted by molar-refractivity contribution is -0.142. The number of fused-ring (bicyclic) bond motifs is 1. The summed E-state index contributed by atoms with van der Waals surface area (Å²) in [4.78, 5) is 43.5. The molecular weight excluding hydrogens is 658 g/mol. The van der Waals surface area contributed by atoms with Gasteiger partial charge in [0.25, 0.3) is 5.91 Å². The molecule has 1 atom stereocenters. The second-order valence-corrected chi connectivity index (χ2v) is 12.4. The molecule has 0 spiro atoms. The van der Waals surface area contributed by atoms with Crippen molar-refractivity contribution in [2.45, 2.75) is 64.6 Å². The van der Waals surface area contributed by atoms with Gasteiger partial charge in [0, 0.05) is 23.4 Å². The number of primary amides is 1. The van der Waals surface area contributed by atoms with Crippen molar-refractivity contribution in [1.29, 1.82) is 0 Å². The first-order chi connectivity index (χ1) is 22.9. The van der Waals surface area contributed by atoms with Crippen molar-refractivity contribution < 1.29 is 45.5 Å². The molecule has 0 bridgehead atoms. The van der Waals surface area contributed by atoms with E-state index in [1.807, 2.05) is 0 Å². The molecule has 0 saturated heterocycles. The molecule has 5 rings (SSSR count). The number of alkyl halides is 3. The maximum atomic E-state index is 14.3. The van der Waals surface area contributed by atoms with E-state index in [4.69, 9.17) is 10.5 Å². The Morgan fingerprint density at radius 1 is 1.00 bits per heavy atom. The average Bonchev–Trinajstić information content (AvgIpc) is 3.56. The van der Waals surface area contributed by atoms with Crippen molar-refractivity contribution in [3.05, 3.63) is 106 Å². The van der Waals surface area contributed by atoms with Crippen LogP contribution in [0, 0.1) is 17.5 Å². The molecule has 16 heteroatoms. The number of carbonyl (C=O) groups excluding carboxylic acids is 3. The quantitative estimate of drug-likeness (QED) is 0.224. The number of hydrogen-bond donors (Lipinski definition) is 2. The van der Waals surface area contributed by atoms with Gasteiger partial charge < -0.3 is 15.8 Å². The summed E-state index contributed by atoms with van der Waals surface area (Å²) in [6.45, 7) is 3.32. The van der Waals surface area contributed by atoms with Gasteiger partial charge in [0.05, 0.1) is 36.1 Å². The van der Waals surface area contributed by atoms with Crippen LogP contribution in [0.15, 0.2) is 54.7 Å². The maximum absolute atomic E-state index is 14.3. The van der Waals surface area contributed by atoms with E-state index in [9.17, 15) is 40.7 Å². The van der Waals surface area contributed by atoms with E-state index in [1.54, 1.807) is 26.8 Å². The second kappa shape index (κ2) is 13.2. The van der Waals surface area contributed by atoms with E-state index in [0.29, 0.717) is 11.6 Å². The molecule has 0 saturated carbocycles. The van der Waals surface area contributed by atoms with E-state index >= 15 is 0 Å². The molecule has 0 radical (unpaired) electrons. The third-order valence-corrected chi connectivity index (χ3v) is 7.48. The van der Waals surface area contributed by atoms with Gasteiger partial charge in [-0.15, -0.1) is 0 Å². The predicted molar refractivity (Wildman–Crippen MR) is 162 cm³/mol. The summed E-state index contributed by atoms with van der Waals surface area (Å²) in [5, 5.41) is 6.33. The number of benzene rings is 2. The van der Waals surface area contributed by atoms with E-state index in [0.717, 1.165) is 27.8 Å². The number of carbonyl (C=O) groups is 3. The molecule has 0 unspecified atom stereocenters. The van der Waals surface area contributed by atoms with Crippen LogP contribution in [-0.4, -0.2) is 43.2 Å². The maximum Gasteiger partial charge on any atom is 0.435 e. The van der Waals surface area contributed by atoms with Crippen LogP contribution >= 0.6 is 0 Å². The molecule has 2 aromatic carbocycles. The van der Waals surface area contributed by atoms with Gasteiger partial charge in [0.2, 0.25) is 5.91 Å². The summed E-state index contributed by atoms with van der Waals surface area (Å²) < 4.78 is 90.8. The molecule has 2 aromatic heterocycles. The van der Waals surface area contributed by atoms with Crippen LogP contribution < -0.4 is 11.1 Å². The van der Waals surface area contributed by atoms with E-state index < -0.39 is 77.5 Å². The van der Waals surface area contributed by atoms with Gasteiger partial charge in [-0.3, -0.25) is 24.2 Å². The van der Waals surface area contributed by atoms with Crippen molar-refractivity contribution in [3.63, 3.8) is 0 Å². The largest absolute Gasteiger partial charge is 0.444 e. The van der Waals surface area contributed by atoms with Crippen molar-refractivity contribution in [2.75, 3.05) is 0 Å². The molecule has 49 heavy (non-hydrogen) atoms. The Hall–Kier alpha value is -5.41. The number of pyridine rings is 1. The van der Waals surface area contributed by atoms with E-state index in [1.165, 1.54) is 24.4 Å². The molecule has 3 N–H and O–H groups in total. The normalized spacial score (nSPS) is 13.6. The minimum absolute atomic E-state index is 0.0269. The Morgan fingerprint density at radius 3 is 2.33 bits per heavy atom. The van der Waals surface area contributed by atoms with Gasteiger partial charge in [0.1, 0.15) is 29.6 Å². The first kappa shape index (κ1) is 34.9. The lowest BCUT2D eigenvalue weighted by Crippen LogP contribution is -2.35. The zero-order chi connectivity index (χ0) is 35.8. The molecular formula is C33H30F6N6O4. The fraction of sp³-hybridized carbons (Fsp3) is 0.303. The molecule has 0 aliphatic carbocycles. The van der Waals surface area contributed by atoms with Gasteiger partial charge in [-0.1, -0.05) is 12.1 Å². The fourth-order valence-electron chi connectivity index (χ4n) is 5.50. The lowest BCUT2D eigenvalue weighted by atomic mass is 9.94. The standard InChI is InChI=1S/C33H30F6N6O4/c1-32(2,3)49-31(48)44-14-23-26(15-44)45(43-29(23)33(37,38)39)16-27(46)42-25(11-17-9-19(34)13-20(35)10-17)28-21(5-4-8-41-28)18-6-7-24(36)22(12-18)30(40)47/h4-10,12-13,25H,11,14-16H2,1-3H3,(H2,40,47)(H,42,46)/t25-/m0/s1. The molecule has 4 aromatic rings. The van der Waals surface area contributed by atoms with Crippen LogP contribution in [0.4, 0.5) is 31.1 Å². The average molecular weight is 689 g/mol. The second-order valence-electron chi connectivity index (χ2n) is 12.4. The summed E-state index contributed by atoms with van der Waals surface area (Å²) in [6.07, 6.45) is -4.63. The number of rotatable bonds is 8. The number of hydrogen-bond acceptors (Lipinski definition) is 6. The summed E-state index contributed by atoms with van der Waals surface area (Å²) in [5.41, 5.74) is 3.19. The Kier molecular flexibility index (Phi) is 9.43. The molecule has 258 valence electrons. The summed E-state index contributed by atoms with van der Waals surface area (Å²) in [5.74, 6) is -4.57. The Bertz CT molecular complexity index is 1920. The van der Waals surface area contributed by atoms with Crippen LogP contribution in [0.25, 0.3) is 11.1 Å². The SMILES string of the molecule is CC(C)(C)OC(=O)N1Cc2c(C(F)(F)F)nn(CC(=O)N[C@@H](Cc3cc(F)cc(F)c3)c3ncccc3-c3ccc(F)c(C(N)=O)c3)c2C1. The number of amides is 3. The summed E-state index contributed by atoms with van der Waals surface area (Å²) in [7, 11) is 0. The van der Waals surface area contributed by atoms with Crippen molar-refractivity contribution in [1.82, 2.24) is 25.0 Å². The Balaban J connectivity index is 1.50. The molecule has 3 heterocycles. The highest BCUT2D eigenvalue weighted by molar-refractivity contribution is 5.94. The number of halogens is 6. The van der Waals surface area contributed by atoms with Gasteiger partial charge in [-0.05, 0) is 68.7 Å². The molecule has 3 amide bonds. The van der Waals surface area contributed by atoms with Gasteiger partial charge in [-0.2, -0.15) is 18.3 Å². The van der Waals surface area contributed by atoms with Crippen molar-refractivity contribution in [2.24, 2.45) is 5.73 Å². The monoisotopic (exact) mass is 688 g/mol. The van der Waals surface area contributed by atoms with Crippen molar-refractivity contribution in [3.8, 4) is 11.1 Å². The minimum Gasteiger partial charge on any atom is -0.444 e. The molecule has 10 nitrogen and oxygen atoms in total. The highest BCUT2D eigenvalue weighted by Gasteiger charge is 2.43. The molecule has 1 aliphatic rings. The van der Waals surface area contributed by atoms with Crippen LogP contribution in [-0.2, 0) is 41.8 Å². The third-order valence-electron chi connectivity index (χ3n) is 7.48. The number of ether oxygens (including phenoxy) is 1. The van der Waals surface area contributed by atoms with Gasteiger partial charge >= 0.3 is 12.3 Å². The van der Waals surface area contributed by atoms with Crippen LogP contribution in [0.5, 0.6) is 0 Å². The minimum atomic E-state index is -4.90. The number of nitrogens with zero attached hydrogens (tertiary/aromatic N) is 4. The molecule has 1 aliphatic heterocycles. The highest BCUT2D eigenvalue weighted by Crippen LogP contribution is 2.37. The third kappa shape index (κ3) is 8.01. The number of aromatic nitrogens is 3. The summed E-state index contributed by atoms with van der Waals surface area (Å²) in [6, 6.07) is 8.18. The van der Waals surface area contributed by atoms with E-state index in [2.05, 4.69) is 15.4 Å². The molecule has 0 fully saturated rings. The lowest BCUT2D eigenvalue weighted by Gasteiger charge is -2.24.